The van der Waals surface area contributed by atoms with Crippen molar-refractivity contribution in [2.45, 2.75) is 30.9 Å². The summed E-state index contributed by atoms with van der Waals surface area (Å²) in [7, 11) is 0. The number of carbonyl (C=O) groups is 1. The van der Waals surface area contributed by atoms with Crippen molar-refractivity contribution in [1.82, 2.24) is 4.48 Å². The van der Waals surface area contributed by atoms with Gasteiger partial charge >= 0.3 is 5.91 Å². The minimum Gasteiger partial charge on any atom is -0.491 e. The first-order valence-corrected chi connectivity index (χ1v) is 12.2. The molecule has 6 nitrogen and oxygen atoms in total. The fourth-order valence-corrected chi connectivity index (χ4v) is 6.38. The van der Waals surface area contributed by atoms with E-state index in [-0.39, 0.29) is 29.9 Å². The van der Waals surface area contributed by atoms with Gasteiger partial charge in [-0.15, -0.1) is 0 Å². The lowest BCUT2D eigenvalue weighted by atomic mass is 9.77. The summed E-state index contributed by atoms with van der Waals surface area (Å²) in [6.45, 7) is 8.38. The maximum absolute atomic E-state index is 15.0. The second kappa shape index (κ2) is 7.57. The number of nitrogens with zero attached hydrogens (tertiary/aromatic N) is 1. The zero-order chi connectivity index (χ0) is 23.6. The molecule has 0 aromatic heterocycles. The molecule has 176 valence electrons. The Bertz CT molecular complexity index is 1350. The Hall–Kier alpha value is -3.35. The average Bonchev–Trinajstić information content (AvgIpc) is 3.64. The molecule has 7 rings (SSSR count). The minimum absolute atomic E-state index is 0.0155. The van der Waals surface area contributed by atoms with Crippen molar-refractivity contribution in [2.24, 2.45) is 0 Å². The van der Waals surface area contributed by atoms with Crippen LogP contribution in [-0.4, -0.2) is 38.6 Å². The average molecular weight is 469 g/mol. The van der Waals surface area contributed by atoms with Crippen molar-refractivity contribution in [3.8, 4) is 17.2 Å². The zero-order valence-electron chi connectivity index (χ0n) is 19.4. The lowest BCUT2D eigenvalue weighted by Gasteiger charge is -2.35. The summed E-state index contributed by atoms with van der Waals surface area (Å²) in [4.78, 5) is 15.0. The van der Waals surface area contributed by atoms with E-state index < -0.39 is 5.41 Å². The molecule has 1 fully saturated rings. The van der Waals surface area contributed by atoms with Crippen LogP contribution in [0.4, 0.5) is 5.69 Å². The van der Waals surface area contributed by atoms with Crippen LogP contribution in [0.3, 0.4) is 0 Å². The molecule has 0 saturated carbocycles. The molecule has 0 aliphatic carbocycles. The molecule has 6 heteroatoms. The third-order valence-electron chi connectivity index (χ3n) is 7.90. The monoisotopic (exact) mass is 468 g/mol. The second-order valence-corrected chi connectivity index (χ2v) is 9.91. The van der Waals surface area contributed by atoms with Gasteiger partial charge in [-0.1, -0.05) is 36.4 Å². The summed E-state index contributed by atoms with van der Waals surface area (Å²) in [6, 6.07) is 19.8. The SMILES string of the molecule is [CH]c1cccc(C[N+]2(CC3CCCO3)C(=O)C3(COc4cc5c(cc43)OCO5)c3ccccc32)c1. The third-order valence-corrected chi connectivity index (χ3v) is 7.90. The molecule has 35 heavy (non-hydrogen) atoms. The number of carbonyl (C=O) groups excluding carboxylic acids is 1. The molecule has 3 atom stereocenters. The molecule has 4 aliphatic rings. The van der Waals surface area contributed by atoms with Gasteiger partial charge in [-0.25, -0.2) is 9.28 Å². The van der Waals surface area contributed by atoms with Gasteiger partial charge in [-0.2, -0.15) is 0 Å². The van der Waals surface area contributed by atoms with E-state index in [1.54, 1.807) is 0 Å². The first-order chi connectivity index (χ1) is 17.1. The summed E-state index contributed by atoms with van der Waals surface area (Å²) in [5.74, 6) is 2.09. The Labute approximate surface area is 204 Å². The first kappa shape index (κ1) is 21.0. The number of benzene rings is 3. The van der Waals surface area contributed by atoms with Gasteiger partial charge < -0.3 is 18.9 Å². The molecular formula is C29H26NO5+. The lowest BCUT2D eigenvalue weighted by Crippen LogP contribution is -2.59. The van der Waals surface area contributed by atoms with Crippen LogP contribution in [0, 0.1) is 6.92 Å². The number of hydrogen-bond acceptors (Lipinski definition) is 5. The van der Waals surface area contributed by atoms with Gasteiger partial charge in [0, 0.05) is 29.4 Å². The molecule has 3 unspecified atom stereocenters. The quantitative estimate of drug-likeness (QED) is 0.532. The van der Waals surface area contributed by atoms with E-state index in [2.05, 4.69) is 12.1 Å². The molecule has 4 heterocycles. The molecule has 0 N–H and O–H groups in total. The van der Waals surface area contributed by atoms with Gasteiger partial charge in [0.2, 0.25) is 6.79 Å². The van der Waals surface area contributed by atoms with Crippen LogP contribution < -0.4 is 18.7 Å². The Morgan fingerprint density at radius 1 is 0.943 bits per heavy atom. The number of hydrogen-bond donors (Lipinski definition) is 0. The summed E-state index contributed by atoms with van der Waals surface area (Å²) < 4.78 is 23.7. The molecular weight excluding hydrogens is 442 g/mol. The van der Waals surface area contributed by atoms with E-state index in [0.717, 1.165) is 41.8 Å². The van der Waals surface area contributed by atoms with Gasteiger partial charge in [0.1, 0.15) is 37.2 Å². The highest BCUT2D eigenvalue weighted by atomic mass is 16.7. The topological polar surface area (TPSA) is 54.0 Å². The smallest absolute Gasteiger partial charge is 0.338 e. The van der Waals surface area contributed by atoms with Crippen molar-refractivity contribution >= 4 is 11.6 Å². The van der Waals surface area contributed by atoms with Crippen LogP contribution in [0.25, 0.3) is 0 Å². The number of fused-ring (bicyclic) bond motifs is 5. The van der Waals surface area contributed by atoms with Gasteiger partial charge in [-0.05, 0) is 43.5 Å². The molecule has 3 aromatic rings. The van der Waals surface area contributed by atoms with Crippen LogP contribution in [-0.2, 0) is 21.5 Å². The van der Waals surface area contributed by atoms with Gasteiger partial charge in [-0.3, -0.25) is 0 Å². The molecule has 4 aliphatic heterocycles. The van der Waals surface area contributed by atoms with Gasteiger partial charge in [0.25, 0.3) is 0 Å². The fourth-order valence-electron chi connectivity index (χ4n) is 6.38. The molecule has 3 aromatic carbocycles. The largest absolute Gasteiger partial charge is 0.491 e. The molecule has 1 saturated heterocycles. The van der Waals surface area contributed by atoms with E-state index in [0.29, 0.717) is 35.9 Å². The summed E-state index contributed by atoms with van der Waals surface area (Å²) in [5, 5.41) is 0. The maximum atomic E-state index is 15.0. The molecule has 2 radical (unpaired) electrons. The highest BCUT2D eigenvalue weighted by molar-refractivity contribution is 6.08. The predicted molar refractivity (Wildman–Crippen MR) is 129 cm³/mol. The van der Waals surface area contributed by atoms with Crippen LogP contribution in [0.2, 0.25) is 0 Å². The lowest BCUT2D eigenvalue weighted by molar-refractivity contribution is -0.135. The van der Waals surface area contributed by atoms with Gasteiger partial charge in [0.05, 0.1) is 0 Å². The number of quaternary nitrogens is 1. The van der Waals surface area contributed by atoms with E-state index in [1.165, 1.54) is 0 Å². The van der Waals surface area contributed by atoms with Crippen LogP contribution in [0.15, 0.2) is 60.7 Å². The normalized spacial score (nSPS) is 27.8. The van der Waals surface area contributed by atoms with Crippen molar-refractivity contribution in [3.63, 3.8) is 0 Å². The zero-order valence-corrected chi connectivity index (χ0v) is 19.4. The second-order valence-electron chi connectivity index (χ2n) is 9.91. The highest BCUT2D eigenvalue weighted by Gasteiger charge is 2.67. The van der Waals surface area contributed by atoms with Crippen molar-refractivity contribution in [3.05, 3.63) is 89.8 Å². The van der Waals surface area contributed by atoms with Gasteiger partial charge in [0.15, 0.2) is 16.9 Å². The Morgan fingerprint density at radius 3 is 2.63 bits per heavy atom. The van der Waals surface area contributed by atoms with Crippen LogP contribution in [0.1, 0.15) is 35.1 Å². The highest BCUT2D eigenvalue weighted by Crippen LogP contribution is 2.57. The standard InChI is InChI=1S/C29H26NO5/c1-19-6-4-7-20(12-19)15-30(16-21-8-5-11-32-21)24-10-3-2-9-22(24)29(28(30)31)17-33-25-14-27-26(13-23(25)29)34-18-35-27/h1-4,6-7,9-10,12-14,21H,5,8,11,15-18H2/q+1. The van der Waals surface area contributed by atoms with Crippen molar-refractivity contribution in [1.29, 1.82) is 0 Å². The summed E-state index contributed by atoms with van der Waals surface area (Å²) in [6.07, 6.45) is 1.98. The summed E-state index contributed by atoms with van der Waals surface area (Å²) >= 11 is 0. The van der Waals surface area contributed by atoms with Crippen LogP contribution >= 0.6 is 0 Å². The maximum Gasteiger partial charge on any atom is 0.338 e. The molecule has 0 bridgehead atoms. The Morgan fingerprint density at radius 2 is 1.80 bits per heavy atom. The first-order valence-electron chi connectivity index (χ1n) is 12.2. The molecule has 1 amide bonds. The summed E-state index contributed by atoms with van der Waals surface area (Å²) in [5.41, 5.74) is 3.63. The van der Waals surface area contributed by atoms with Crippen molar-refractivity contribution < 1.29 is 23.7 Å². The van der Waals surface area contributed by atoms with Crippen LogP contribution in [0.5, 0.6) is 17.2 Å². The number of para-hydroxylation sites is 1. The third kappa shape index (κ3) is 2.93. The number of ether oxygens (including phenoxy) is 4. The van der Waals surface area contributed by atoms with E-state index >= 15 is 0 Å². The number of rotatable bonds is 4. The van der Waals surface area contributed by atoms with E-state index in [4.69, 9.17) is 25.9 Å². The Balaban J connectivity index is 1.44. The molecule has 1 spiro atoms. The minimum atomic E-state index is -0.925. The van der Waals surface area contributed by atoms with Crippen molar-refractivity contribution in [2.75, 3.05) is 26.6 Å². The fraction of sp³-hybridized carbons (Fsp3) is 0.310. The number of amides is 1. The van der Waals surface area contributed by atoms with E-state index in [9.17, 15) is 4.79 Å². The van der Waals surface area contributed by atoms with E-state index in [1.807, 2.05) is 48.5 Å². The predicted octanol–water partition coefficient (Wildman–Crippen LogP) is 4.38. The Kier molecular flexibility index (Phi) is 4.54.